The van der Waals surface area contributed by atoms with Gasteiger partial charge in [-0.3, -0.25) is 0 Å². The first-order valence-electron chi connectivity index (χ1n) is 18.1. The maximum atomic E-state index is 2.50. The molecule has 1 aliphatic rings. The van der Waals surface area contributed by atoms with Crippen molar-refractivity contribution in [2.24, 2.45) is 0 Å². The van der Waals surface area contributed by atoms with Gasteiger partial charge in [-0.2, -0.15) is 0 Å². The van der Waals surface area contributed by atoms with Crippen LogP contribution in [0.25, 0.3) is 55.6 Å². The standard InChI is InChI=1S/C51H39N/c1-51(2)46-31-15-13-30-45(46)50-47(51)32-18-34-49(50)52(39-24-17-23-38(35-39)36-19-5-3-6-20-36)48-33-16-14-29-44(48)43-28-12-11-27-42(43)41-26-10-9-25-40(41)37-21-7-4-8-22-37/h3-35H,1-2H3. The van der Waals surface area contributed by atoms with E-state index in [-0.39, 0.29) is 5.41 Å². The lowest BCUT2D eigenvalue weighted by atomic mass is 9.82. The molecule has 8 aromatic carbocycles. The third kappa shape index (κ3) is 5.34. The second kappa shape index (κ2) is 13.0. The summed E-state index contributed by atoms with van der Waals surface area (Å²) in [6, 6.07) is 72.8. The monoisotopic (exact) mass is 665 g/mol. The molecule has 1 heteroatoms. The van der Waals surface area contributed by atoms with Gasteiger partial charge in [0.25, 0.3) is 0 Å². The highest BCUT2D eigenvalue weighted by atomic mass is 15.1. The average molecular weight is 666 g/mol. The summed E-state index contributed by atoms with van der Waals surface area (Å²) < 4.78 is 0. The van der Waals surface area contributed by atoms with E-state index in [1.807, 2.05) is 0 Å². The molecule has 9 rings (SSSR count). The van der Waals surface area contributed by atoms with Crippen LogP contribution in [-0.4, -0.2) is 0 Å². The fourth-order valence-electron chi connectivity index (χ4n) is 8.22. The lowest BCUT2D eigenvalue weighted by Gasteiger charge is -2.31. The minimum atomic E-state index is -0.118. The molecule has 0 radical (unpaired) electrons. The van der Waals surface area contributed by atoms with E-state index in [1.165, 1.54) is 72.4 Å². The van der Waals surface area contributed by atoms with Crippen molar-refractivity contribution < 1.29 is 0 Å². The third-order valence-corrected chi connectivity index (χ3v) is 10.7. The highest BCUT2D eigenvalue weighted by Crippen LogP contribution is 2.55. The van der Waals surface area contributed by atoms with Crippen molar-refractivity contribution in [3.63, 3.8) is 0 Å². The summed E-state index contributed by atoms with van der Waals surface area (Å²) in [5, 5.41) is 0. The van der Waals surface area contributed by atoms with Gasteiger partial charge < -0.3 is 4.90 Å². The highest BCUT2D eigenvalue weighted by molar-refractivity contribution is 6.01. The van der Waals surface area contributed by atoms with Gasteiger partial charge in [-0.15, -0.1) is 0 Å². The largest absolute Gasteiger partial charge is 0.309 e. The van der Waals surface area contributed by atoms with Crippen molar-refractivity contribution in [3.8, 4) is 55.6 Å². The molecule has 248 valence electrons. The fraction of sp³-hybridized carbons (Fsp3) is 0.0588. The second-order valence-corrected chi connectivity index (χ2v) is 14.1. The first kappa shape index (κ1) is 31.5. The molecule has 0 saturated carbocycles. The molecule has 0 fully saturated rings. The number of hydrogen-bond acceptors (Lipinski definition) is 1. The van der Waals surface area contributed by atoms with Gasteiger partial charge in [-0.25, -0.2) is 0 Å². The van der Waals surface area contributed by atoms with E-state index in [0.29, 0.717) is 0 Å². The van der Waals surface area contributed by atoms with Crippen molar-refractivity contribution >= 4 is 17.1 Å². The molecule has 1 aliphatic carbocycles. The van der Waals surface area contributed by atoms with Gasteiger partial charge in [0.1, 0.15) is 0 Å². The van der Waals surface area contributed by atoms with Crippen molar-refractivity contribution in [1.82, 2.24) is 0 Å². The van der Waals surface area contributed by atoms with Crippen LogP contribution in [0.4, 0.5) is 17.1 Å². The Bertz CT molecular complexity index is 2540. The van der Waals surface area contributed by atoms with Crippen molar-refractivity contribution in [1.29, 1.82) is 0 Å². The van der Waals surface area contributed by atoms with E-state index < -0.39 is 0 Å². The number of rotatable bonds is 7. The maximum Gasteiger partial charge on any atom is 0.0543 e. The zero-order valence-corrected chi connectivity index (χ0v) is 29.5. The van der Waals surface area contributed by atoms with Crippen molar-refractivity contribution in [3.05, 3.63) is 211 Å². The summed E-state index contributed by atoms with van der Waals surface area (Å²) in [7, 11) is 0. The Balaban J connectivity index is 1.31. The average Bonchev–Trinajstić information content (AvgIpc) is 3.45. The zero-order valence-electron chi connectivity index (χ0n) is 29.5. The van der Waals surface area contributed by atoms with Crippen LogP contribution in [0.5, 0.6) is 0 Å². The zero-order chi connectivity index (χ0) is 35.1. The van der Waals surface area contributed by atoms with Gasteiger partial charge in [0, 0.05) is 22.2 Å². The molecule has 1 nitrogen and oxygen atoms in total. The smallest absolute Gasteiger partial charge is 0.0543 e. The van der Waals surface area contributed by atoms with Gasteiger partial charge >= 0.3 is 0 Å². The number of para-hydroxylation sites is 1. The first-order valence-corrected chi connectivity index (χ1v) is 18.1. The molecule has 0 aromatic heterocycles. The minimum absolute atomic E-state index is 0.118. The fourth-order valence-corrected chi connectivity index (χ4v) is 8.22. The van der Waals surface area contributed by atoms with Gasteiger partial charge in [0.15, 0.2) is 0 Å². The summed E-state index contributed by atoms with van der Waals surface area (Å²) in [5.41, 5.74) is 18.2. The number of anilines is 3. The van der Waals surface area contributed by atoms with Gasteiger partial charge in [0.2, 0.25) is 0 Å². The topological polar surface area (TPSA) is 3.24 Å². The third-order valence-electron chi connectivity index (χ3n) is 10.7. The van der Waals surface area contributed by atoms with Crippen LogP contribution in [0.2, 0.25) is 0 Å². The molecule has 0 amide bonds. The Labute approximate surface area is 307 Å². The second-order valence-electron chi connectivity index (χ2n) is 14.1. The van der Waals surface area contributed by atoms with Crippen LogP contribution in [0.1, 0.15) is 25.0 Å². The maximum absolute atomic E-state index is 2.50. The van der Waals surface area contributed by atoms with Gasteiger partial charge in [0.05, 0.1) is 11.4 Å². The Morgan fingerprint density at radius 1 is 0.327 bits per heavy atom. The molecule has 0 atom stereocenters. The predicted octanol–water partition coefficient (Wildman–Crippen LogP) is 14.1. The highest BCUT2D eigenvalue weighted by Gasteiger charge is 2.38. The Morgan fingerprint density at radius 3 is 1.50 bits per heavy atom. The van der Waals surface area contributed by atoms with Gasteiger partial charge in [-0.1, -0.05) is 190 Å². The molecular weight excluding hydrogens is 627 g/mol. The molecular formula is C51H39N. The molecule has 8 aromatic rings. The van der Waals surface area contributed by atoms with Crippen LogP contribution < -0.4 is 4.90 Å². The van der Waals surface area contributed by atoms with E-state index in [1.54, 1.807) is 0 Å². The Kier molecular flexibility index (Phi) is 7.90. The lowest BCUT2D eigenvalue weighted by molar-refractivity contribution is 0.660. The number of benzene rings is 8. The van der Waals surface area contributed by atoms with Crippen LogP contribution in [-0.2, 0) is 5.41 Å². The first-order chi connectivity index (χ1) is 25.6. The quantitative estimate of drug-likeness (QED) is 0.164. The number of hydrogen-bond donors (Lipinski definition) is 0. The number of nitrogens with zero attached hydrogens (tertiary/aromatic N) is 1. The van der Waals surface area contributed by atoms with E-state index in [9.17, 15) is 0 Å². The molecule has 0 bridgehead atoms. The molecule has 0 N–H and O–H groups in total. The Hall–Kier alpha value is -6.44. The van der Waals surface area contributed by atoms with Crippen LogP contribution >= 0.6 is 0 Å². The normalized spacial score (nSPS) is 12.6. The predicted molar refractivity (Wildman–Crippen MR) is 220 cm³/mol. The summed E-state index contributed by atoms with van der Waals surface area (Å²) in [6.07, 6.45) is 0. The van der Waals surface area contributed by atoms with Crippen LogP contribution in [0.15, 0.2) is 200 Å². The summed E-state index contributed by atoms with van der Waals surface area (Å²) in [6.45, 7) is 4.71. The Morgan fingerprint density at radius 2 is 0.788 bits per heavy atom. The molecule has 0 unspecified atom stereocenters. The van der Waals surface area contributed by atoms with Crippen LogP contribution in [0.3, 0.4) is 0 Å². The van der Waals surface area contributed by atoms with Crippen LogP contribution in [0, 0.1) is 0 Å². The number of fused-ring (bicyclic) bond motifs is 3. The summed E-state index contributed by atoms with van der Waals surface area (Å²) >= 11 is 0. The van der Waals surface area contributed by atoms with E-state index in [2.05, 4.69) is 219 Å². The van der Waals surface area contributed by atoms with Crippen molar-refractivity contribution in [2.45, 2.75) is 19.3 Å². The van der Waals surface area contributed by atoms with E-state index >= 15 is 0 Å². The molecule has 52 heavy (non-hydrogen) atoms. The van der Waals surface area contributed by atoms with Gasteiger partial charge in [-0.05, 0) is 79.9 Å². The lowest BCUT2D eigenvalue weighted by Crippen LogP contribution is -2.16. The molecule has 0 saturated heterocycles. The molecule has 0 aliphatic heterocycles. The minimum Gasteiger partial charge on any atom is -0.309 e. The van der Waals surface area contributed by atoms with Crippen molar-refractivity contribution in [2.75, 3.05) is 4.90 Å². The molecule has 0 heterocycles. The van der Waals surface area contributed by atoms with E-state index in [4.69, 9.17) is 0 Å². The summed E-state index contributed by atoms with van der Waals surface area (Å²) in [5.74, 6) is 0. The molecule has 0 spiro atoms. The summed E-state index contributed by atoms with van der Waals surface area (Å²) in [4.78, 5) is 2.50. The van der Waals surface area contributed by atoms with E-state index in [0.717, 1.165) is 11.4 Å². The SMILES string of the molecule is CC1(C)c2ccccc2-c2c(N(c3cccc(-c4ccccc4)c3)c3ccccc3-c3ccccc3-c3ccccc3-c3ccccc3)cccc21.